The summed E-state index contributed by atoms with van der Waals surface area (Å²) in [6, 6.07) is 22.0. The average molecular weight is 576 g/mol. The maximum Gasteiger partial charge on any atom is 0.353 e. The molecule has 4 aromatic rings. The van der Waals surface area contributed by atoms with Gasteiger partial charge < -0.3 is 4.74 Å². The molecule has 9 heteroatoms. The Morgan fingerprint density at radius 2 is 1.60 bits per heavy atom. The second-order valence-corrected chi connectivity index (χ2v) is 13.2. The maximum atomic E-state index is 13.5. The number of aromatic nitrogens is 3. The highest BCUT2D eigenvalue weighted by atomic mass is 32.2. The molecule has 0 aliphatic heterocycles. The molecule has 0 spiro atoms. The molecule has 1 aliphatic rings. The highest BCUT2D eigenvalue weighted by Gasteiger charge is 2.44. The summed E-state index contributed by atoms with van der Waals surface area (Å²) in [5, 5.41) is -0.0431. The van der Waals surface area contributed by atoms with E-state index >= 15 is 0 Å². The van der Waals surface area contributed by atoms with E-state index in [-0.39, 0.29) is 23.7 Å². The van der Waals surface area contributed by atoms with Gasteiger partial charge in [-0.25, -0.2) is 14.2 Å². The molecule has 0 amide bonds. The Bertz CT molecular complexity index is 1620. The van der Waals surface area contributed by atoms with E-state index in [2.05, 4.69) is 59.8 Å². The lowest BCUT2D eigenvalue weighted by atomic mass is 9.95. The van der Waals surface area contributed by atoms with Gasteiger partial charge in [-0.2, -0.15) is 4.98 Å². The smallest absolute Gasteiger partial charge is 0.353 e. The number of carbonyl (C=O) groups excluding carboxylic acids is 1. The lowest BCUT2D eigenvalue weighted by Crippen LogP contribution is -2.43. The Hall–Kier alpha value is -3.30. The molecule has 1 saturated carbocycles. The van der Waals surface area contributed by atoms with Gasteiger partial charge in [0.25, 0.3) is 0 Å². The van der Waals surface area contributed by atoms with Crippen molar-refractivity contribution in [2.75, 3.05) is 6.26 Å². The molecule has 2 heterocycles. The van der Waals surface area contributed by atoms with Gasteiger partial charge in [-0.3, -0.25) is 9.20 Å². The Morgan fingerprint density at radius 1 is 0.950 bits per heavy atom. The molecule has 5 rings (SSSR count). The number of hydrogen-bond acceptors (Lipinski definition) is 7. The van der Waals surface area contributed by atoms with E-state index in [9.17, 15) is 14.4 Å². The molecule has 208 valence electrons. The van der Waals surface area contributed by atoms with Crippen LogP contribution in [0, 0.1) is 11.8 Å². The molecule has 1 aliphatic carbocycles. The first-order chi connectivity index (χ1) is 19.1. The molecule has 0 saturated heterocycles. The number of esters is 1. The van der Waals surface area contributed by atoms with Crippen molar-refractivity contribution in [2.45, 2.75) is 60.8 Å². The third kappa shape index (κ3) is 6.20. The molecule has 0 N–H and O–H groups in total. The first-order valence-electron chi connectivity index (χ1n) is 13.4. The number of rotatable bonds is 7. The van der Waals surface area contributed by atoms with Crippen LogP contribution in [0.1, 0.15) is 33.6 Å². The zero-order valence-electron chi connectivity index (χ0n) is 23.1. The predicted molar refractivity (Wildman–Crippen MR) is 161 cm³/mol. The minimum absolute atomic E-state index is 0.0431. The molecular weight excluding hydrogens is 542 g/mol. The van der Waals surface area contributed by atoms with E-state index in [1.807, 2.05) is 20.8 Å². The first-order valence-corrected chi connectivity index (χ1v) is 15.5. The van der Waals surface area contributed by atoms with Crippen molar-refractivity contribution in [2.24, 2.45) is 11.8 Å². The monoisotopic (exact) mass is 575 g/mol. The summed E-state index contributed by atoms with van der Waals surface area (Å²) in [5.41, 5.74) is 0.901. The number of ether oxygens (including phenoxy) is 1. The molecular formula is C31H33N3O4S2. The van der Waals surface area contributed by atoms with Crippen molar-refractivity contribution in [3.05, 3.63) is 93.9 Å². The number of pyridine rings is 1. The Kier molecular flexibility index (Phi) is 8.24. The van der Waals surface area contributed by atoms with Crippen molar-refractivity contribution >= 4 is 35.1 Å². The van der Waals surface area contributed by atoms with Gasteiger partial charge in [-0.15, -0.1) is 23.5 Å². The fourth-order valence-corrected chi connectivity index (χ4v) is 7.01. The van der Waals surface area contributed by atoms with E-state index in [0.29, 0.717) is 12.1 Å². The Labute approximate surface area is 242 Å². The van der Waals surface area contributed by atoms with Crippen LogP contribution < -0.4 is 11.4 Å². The van der Waals surface area contributed by atoms with Gasteiger partial charge in [0.15, 0.2) is 0 Å². The third-order valence-corrected chi connectivity index (χ3v) is 9.23. The van der Waals surface area contributed by atoms with Crippen LogP contribution in [-0.4, -0.2) is 37.0 Å². The van der Waals surface area contributed by atoms with Gasteiger partial charge in [-0.1, -0.05) is 30.3 Å². The quantitative estimate of drug-likeness (QED) is 0.204. The first kappa shape index (κ1) is 28.2. The molecule has 3 atom stereocenters. The van der Waals surface area contributed by atoms with Crippen LogP contribution in [0.25, 0.3) is 16.8 Å². The molecule has 0 radical (unpaired) electrons. The summed E-state index contributed by atoms with van der Waals surface area (Å²) < 4.78 is 8.36. The summed E-state index contributed by atoms with van der Waals surface area (Å²) in [6.45, 7) is 5.68. The van der Waals surface area contributed by atoms with Crippen LogP contribution in [-0.2, 0) is 16.1 Å². The molecule has 1 fully saturated rings. The van der Waals surface area contributed by atoms with Gasteiger partial charge in [-0.05, 0) is 93.3 Å². The fourth-order valence-electron chi connectivity index (χ4n) is 5.22. The van der Waals surface area contributed by atoms with Crippen LogP contribution in [0.4, 0.5) is 0 Å². The van der Waals surface area contributed by atoms with Crippen molar-refractivity contribution in [3.8, 4) is 11.1 Å². The van der Waals surface area contributed by atoms with E-state index in [4.69, 9.17) is 4.74 Å². The van der Waals surface area contributed by atoms with Crippen molar-refractivity contribution in [3.63, 3.8) is 0 Å². The van der Waals surface area contributed by atoms with Crippen LogP contribution in [0.3, 0.4) is 0 Å². The summed E-state index contributed by atoms with van der Waals surface area (Å²) >= 11 is 3.38. The van der Waals surface area contributed by atoms with E-state index in [0.717, 1.165) is 27.0 Å². The Balaban J connectivity index is 1.39. The molecule has 2 aromatic heterocycles. The van der Waals surface area contributed by atoms with Crippen molar-refractivity contribution in [1.82, 2.24) is 14.0 Å². The number of thioether (sulfide) groups is 2. The van der Waals surface area contributed by atoms with Crippen LogP contribution in [0.15, 0.2) is 92.3 Å². The summed E-state index contributed by atoms with van der Waals surface area (Å²) in [4.78, 5) is 45.9. The zero-order valence-corrected chi connectivity index (χ0v) is 24.7. The van der Waals surface area contributed by atoms with Crippen LogP contribution in [0.5, 0.6) is 0 Å². The summed E-state index contributed by atoms with van der Waals surface area (Å²) in [7, 11) is 0. The van der Waals surface area contributed by atoms with Crippen LogP contribution >= 0.6 is 23.5 Å². The second kappa shape index (κ2) is 11.7. The van der Waals surface area contributed by atoms with Gasteiger partial charge in [0.05, 0.1) is 5.92 Å². The number of hydrogen-bond donors (Lipinski definition) is 0. The predicted octanol–water partition coefficient (Wildman–Crippen LogP) is 5.77. The lowest BCUT2D eigenvalue weighted by molar-refractivity contribution is -0.161. The molecule has 2 aromatic carbocycles. The summed E-state index contributed by atoms with van der Waals surface area (Å²) in [6.07, 6.45) is 5.13. The second-order valence-electron chi connectivity index (χ2n) is 11.0. The Morgan fingerprint density at radius 3 is 2.23 bits per heavy atom. The number of carbonyl (C=O) groups is 1. The minimum Gasteiger partial charge on any atom is -0.460 e. The van der Waals surface area contributed by atoms with Gasteiger partial charge in [0, 0.05) is 27.8 Å². The van der Waals surface area contributed by atoms with Gasteiger partial charge >= 0.3 is 17.3 Å². The highest BCUT2D eigenvalue weighted by molar-refractivity contribution is 8.00. The van der Waals surface area contributed by atoms with Gasteiger partial charge in [0.1, 0.15) is 11.2 Å². The number of fused-ring (bicyclic) bond motifs is 1. The van der Waals surface area contributed by atoms with E-state index in [1.165, 1.54) is 9.30 Å². The lowest BCUT2D eigenvalue weighted by Gasteiger charge is -2.28. The number of nitrogens with zero attached hydrogens (tertiary/aromatic N) is 3. The molecule has 7 nitrogen and oxygen atoms in total. The standard InChI is InChI=1S/C31H33N3O4S2/c1-31(2,3)38-28(35)27-22(19-34-29(36)32-26-7-5-6-18-33(26)30(34)37)12-17-25(27)40-24-15-10-21(11-16-24)20-8-13-23(39-4)14-9-20/h5-11,13-16,18,22,25,27H,12,17,19H2,1-4H3/t22-,25-,27-/m0/s1. The average Bonchev–Trinajstić information content (AvgIpc) is 3.32. The fraction of sp³-hybridized carbons (Fsp3) is 0.355. The molecule has 40 heavy (non-hydrogen) atoms. The third-order valence-electron chi connectivity index (χ3n) is 7.11. The normalized spacial score (nSPS) is 19.1. The highest BCUT2D eigenvalue weighted by Crippen LogP contribution is 2.44. The van der Waals surface area contributed by atoms with E-state index in [1.54, 1.807) is 47.9 Å². The van der Waals surface area contributed by atoms with Crippen LogP contribution in [0.2, 0.25) is 0 Å². The molecule has 0 bridgehead atoms. The maximum absolute atomic E-state index is 13.5. The largest absolute Gasteiger partial charge is 0.460 e. The zero-order chi connectivity index (χ0) is 28.4. The number of benzene rings is 2. The van der Waals surface area contributed by atoms with Gasteiger partial charge in [0.2, 0.25) is 0 Å². The van der Waals surface area contributed by atoms with Crippen molar-refractivity contribution < 1.29 is 9.53 Å². The van der Waals surface area contributed by atoms with E-state index < -0.39 is 22.9 Å². The minimum atomic E-state index is -0.645. The van der Waals surface area contributed by atoms with Crippen molar-refractivity contribution in [1.29, 1.82) is 0 Å². The molecule has 0 unspecified atom stereocenters. The summed E-state index contributed by atoms with van der Waals surface area (Å²) in [5.74, 6) is -0.985. The topological polar surface area (TPSA) is 82.7 Å². The SMILES string of the molecule is CSc1ccc(-c2ccc(S[C@H]3CC[C@@H](Cn4c(=O)nc5ccccn5c4=O)[C@@H]3C(=O)OC(C)(C)C)cc2)cc1.